The predicted molar refractivity (Wildman–Crippen MR) is 126 cm³/mol. The molecule has 1 aromatic rings. The van der Waals surface area contributed by atoms with Gasteiger partial charge in [0.15, 0.2) is 0 Å². The number of ether oxygens (including phenoxy) is 1. The molecule has 1 aliphatic carbocycles. The molecule has 0 unspecified atom stereocenters. The molecule has 0 aromatic heterocycles. The molecule has 34 heavy (non-hydrogen) atoms. The molecule has 9 nitrogen and oxygen atoms in total. The maximum atomic E-state index is 12.9. The minimum Gasteiger partial charge on any atom is -0.462 e. The summed E-state index contributed by atoms with van der Waals surface area (Å²) in [4.78, 5) is 56.9. The molecule has 3 amide bonds. The zero-order valence-corrected chi connectivity index (χ0v) is 19.6. The number of hydrogen-bond donors (Lipinski definition) is 2. The van der Waals surface area contributed by atoms with Crippen LogP contribution in [0.25, 0.3) is 0 Å². The first-order valence-corrected chi connectivity index (χ1v) is 11.9. The molecule has 4 rings (SSSR count). The SMILES string of the molecule is CCOC(=O)C1=C(CC)Nc2ccccc2N=C1NC(=O)CCN1C(=O)[C@H]2CCCC[C@H]2C1=O. The van der Waals surface area contributed by atoms with Crippen molar-refractivity contribution in [1.29, 1.82) is 0 Å². The van der Waals surface area contributed by atoms with Crippen molar-refractivity contribution in [1.82, 2.24) is 10.2 Å². The highest BCUT2D eigenvalue weighted by Crippen LogP contribution is 2.38. The van der Waals surface area contributed by atoms with Crippen molar-refractivity contribution < 1.29 is 23.9 Å². The molecule has 2 heterocycles. The number of imide groups is 1. The van der Waals surface area contributed by atoms with Crippen LogP contribution in [0.15, 0.2) is 40.5 Å². The van der Waals surface area contributed by atoms with E-state index in [9.17, 15) is 19.2 Å². The summed E-state index contributed by atoms with van der Waals surface area (Å²) in [5.74, 6) is -1.78. The molecule has 0 radical (unpaired) electrons. The lowest BCUT2D eigenvalue weighted by molar-refractivity contribution is -0.140. The highest BCUT2D eigenvalue weighted by atomic mass is 16.5. The number of nitrogens with one attached hydrogen (secondary N) is 2. The van der Waals surface area contributed by atoms with Gasteiger partial charge in [0.1, 0.15) is 11.4 Å². The van der Waals surface area contributed by atoms with Crippen molar-refractivity contribution in [2.24, 2.45) is 16.8 Å². The second-order valence-corrected chi connectivity index (χ2v) is 8.65. The maximum absolute atomic E-state index is 12.9. The number of aliphatic imine (C=N–C) groups is 1. The summed E-state index contributed by atoms with van der Waals surface area (Å²) < 4.78 is 5.24. The third-order valence-corrected chi connectivity index (χ3v) is 6.55. The van der Waals surface area contributed by atoms with E-state index in [4.69, 9.17) is 4.74 Å². The molecule has 2 fully saturated rings. The van der Waals surface area contributed by atoms with E-state index >= 15 is 0 Å². The fourth-order valence-electron chi connectivity index (χ4n) is 4.86. The quantitative estimate of drug-likeness (QED) is 0.492. The van der Waals surface area contributed by atoms with E-state index in [0.29, 0.717) is 23.5 Å². The number of amidine groups is 1. The summed E-state index contributed by atoms with van der Waals surface area (Å²) in [5.41, 5.74) is 2.02. The molecule has 0 spiro atoms. The number of carbonyl (C=O) groups is 4. The van der Waals surface area contributed by atoms with Crippen LogP contribution in [0.2, 0.25) is 0 Å². The summed E-state index contributed by atoms with van der Waals surface area (Å²) in [6.07, 6.45) is 3.77. The van der Waals surface area contributed by atoms with Gasteiger partial charge in [0.05, 0.1) is 29.8 Å². The van der Waals surface area contributed by atoms with Crippen LogP contribution in [0, 0.1) is 11.8 Å². The van der Waals surface area contributed by atoms with Crippen molar-refractivity contribution in [3.63, 3.8) is 0 Å². The molecule has 2 atom stereocenters. The number of anilines is 1. The zero-order chi connectivity index (χ0) is 24.2. The van der Waals surface area contributed by atoms with Crippen LogP contribution < -0.4 is 10.6 Å². The Labute approximate surface area is 198 Å². The van der Waals surface area contributed by atoms with Gasteiger partial charge in [-0.3, -0.25) is 19.3 Å². The second-order valence-electron chi connectivity index (χ2n) is 8.65. The molecular formula is C25H30N4O5. The monoisotopic (exact) mass is 466 g/mol. The average Bonchev–Trinajstić information content (AvgIpc) is 2.98. The fourth-order valence-corrected chi connectivity index (χ4v) is 4.86. The normalized spacial score (nSPS) is 21.8. The molecule has 2 N–H and O–H groups in total. The zero-order valence-electron chi connectivity index (χ0n) is 19.6. The first-order valence-electron chi connectivity index (χ1n) is 11.9. The van der Waals surface area contributed by atoms with Crippen LogP contribution in [0.4, 0.5) is 11.4 Å². The number of allylic oxidation sites excluding steroid dienone is 1. The Bertz CT molecular complexity index is 1050. The smallest absolute Gasteiger partial charge is 0.343 e. The number of likely N-dealkylation sites (tertiary alicyclic amines) is 1. The summed E-state index contributed by atoms with van der Waals surface area (Å²) in [5, 5.41) is 5.97. The Morgan fingerprint density at radius 1 is 1.12 bits per heavy atom. The summed E-state index contributed by atoms with van der Waals surface area (Å²) in [7, 11) is 0. The standard InChI is InChI=1S/C25H30N4O5/c1-3-17-21(25(33)34-4-2)22(27-19-12-8-7-11-18(19)26-17)28-20(30)13-14-29-23(31)15-9-5-6-10-16(15)24(29)32/h7-8,11-12,15-16,26H,3-6,9-10,13-14H2,1-2H3,(H,27,28,30)/t15-,16+. The van der Waals surface area contributed by atoms with E-state index in [2.05, 4.69) is 15.6 Å². The van der Waals surface area contributed by atoms with Crippen LogP contribution in [0.1, 0.15) is 52.4 Å². The van der Waals surface area contributed by atoms with E-state index in [1.54, 1.807) is 13.0 Å². The summed E-state index contributed by atoms with van der Waals surface area (Å²) >= 11 is 0. The number of para-hydroxylation sites is 2. The largest absolute Gasteiger partial charge is 0.462 e. The number of hydrogen-bond acceptors (Lipinski definition) is 7. The lowest BCUT2D eigenvalue weighted by atomic mass is 9.81. The molecule has 9 heteroatoms. The summed E-state index contributed by atoms with van der Waals surface area (Å²) in [6, 6.07) is 7.28. The Morgan fingerprint density at radius 3 is 2.44 bits per heavy atom. The van der Waals surface area contributed by atoms with E-state index in [0.717, 1.165) is 25.7 Å². The van der Waals surface area contributed by atoms with Gasteiger partial charge in [0.2, 0.25) is 17.7 Å². The second kappa shape index (κ2) is 10.2. The molecule has 2 aliphatic heterocycles. The van der Waals surface area contributed by atoms with Crippen LogP contribution >= 0.6 is 0 Å². The number of nitrogens with zero attached hydrogens (tertiary/aromatic N) is 2. The van der Waals surface area contributed by atoms with E-state index < -0.39 is 11.9 Å². The molecule has 1 aromatic carbocycles. The highest BCUT2D eigenvalue weighted by Gasteiger charge is 2.47. The van der Waals surface area contributed by atoms with E-state index in [1.807, 2.05) is 25.1 Å². The number of rotatable bonds is 6. The lowest BCUT2D eigenvalue weighted by Crippen LogP contribution is -2.39. The van der Waals surface area contributed by atoms with Gasteiger partial charge in [-0.1, -0.05) is 31.9 Å². The van der Waals surface area contributed by atoms with Gasteiger partial charge >= 0.3 is 5.97 Å². The lowest BCUT2D eigenvalue weighted by Gasteiger charge is -2.19. The predicted octanol–water partition coefficient (Wildman–Crippen LogP) is 3.05. The Morgan fingerprint density at radius 2 is 1.79 bits per heavy atom. The van der Waals surface area contributed by atoms with Gasteiger partial charge in [0, 0.05) is 18.7 Å². The average molecular weight is 467 g/mol. The highest BCUT2D eigenvalue weighted by molar-refractivity contribution is 6.24. The van der Waals surface area contributed by atoms with Gasteiger partial charge in [-0.2, -0.15) is 0 Å². The van der Waals surface area contributed by atoms with Crippen molar-refractivity contribution in [3.8, 4) is 0 Å². The van der Waals surface area contributed by atoms with Gasteiger partial charge in [-0.25, -0.2) is 9.79 Å². The number of benzene rings is 1. The number of carbonyl (C=O) groups excluding carboxylic acids is 4. The van der Waals surface area contributed by atoms with Crippen molar-refractivity contribution in [2.45, 2.75) is 52.4 Å². The third-order valence-electron chi connectivity index (χ3n) is 6.55. The van der Waals surface area contributed by atoms with E-state index in [1.165, 1.54) is 4.90 Å². The van der Waals surface area contributed by atoms with Crippen molar-refractivity contribution in [3.05, 3.63) is 35.5 Å². The Kier molecular flexibility index (Phi) is 7.09. The van der Waals surface area contributed by atoms with Crippen molar-refractivity contribution >= 4 is 40.9 Å². The molecule has 1 saturated carbocycles. The minimum atomic E-state index is -0.590. The Hall–Kier alpha value is -3.49. The maximum Gasteiger partial charge on any atom is 0.343 e. The molecule has 0 bridgehead atoms. The molecule has 3 aliphatic rings. The first kappa shape index (κ1) is 23.7. The minimum absolute atomic E-state index is 0.0116. The van der Waals surface area contributed by atoms with Crippen LogP contribution in [0.3, 0.4) is 0 Å². The van der Waals surface area contributed by atoms with Crippen LogP contribution in [-0.2, 0) is 23.9 Å². The van der Waals surface area contributed by atoms with Crippen molar-refractivity contribution in [2.75, 3.05) is 18.5 Å². The van der Waals surface area contributed by atoms with E-state index in [-0.39, 0.29) is 54.6 Å². The topological polar surface area (TPSA) is 117 Å². The van der Waals surface area contributed by atoms with Crippen LogP contribution in [-0.4, -0.2) is 47.6 Å². The Balaban J connectivity index is 1.53. The van der Waals surface area contributed by atoms with Crippen LogP contribution in [0.5, 0.6) is 0 Å². The third kappa shape index (κ3) is 4.60. The number of amides is 3. The summed E-state index contributed by atoms with van der Waals surface area (Å²) in [6.45, 7) is 3.78. The van der Waals surface area contributed by atoms with Gasteiger partial charge in [-0.15, -0.1) is 0 Å². The molecule has 180 valence electrons. The fraction of sp³-hybridized carbons (Fsp3) is 0.480. The van der Waals surface area contributed by atoms with Gasteiger partial charge in [0.25, 0.3) is 0 Å². The number of fused-ring (bicyclic) bond motifs is 2. The van der Waals surface area contributed by atoms with Gasteiger partial charge < -0.3 is 15.4 Å². The first-order chi connectivity index (χ1) is 16.4. The number of esters is 1. The molecular weight excluding hydrogens is 436 g/mol. The molecule has 1 saturated heterocycles. The van der Waals surface area contributed by atoms with Gasteiger partial charge in [-0.05, 0) is 38.3 Å².